The van der Waals surface area contributed by atoms with Crippen molar-refractivity contribution in [2.45, 2.75) is 0 Å². The van der Waals surface area contributed by atoms with Crippen LogP contribution >= 0.6 is 0 Å². The average molecular weight is 279 g/mol. The number of anilines is 1. The number of hydrogen-bond donors (Lipinski definition) is 0. The summed E-state index contributed by atoms with van der Waals surface area (Å²) in [5.41, 5.74) is 0.742. The van der Waals surface area contributed by atoms with Crippen LogP contribution in [0.15, 0.2) is 36.5 Å². The minimum atomic E-state index is 0.0381. The van der Waals surface area contributed by atoms with Crippen molar-refractivity contribution in [3.63, 3.8) is 0 Å². The first kappa shape index (κ1) is 11.1. The average Bonchev–Trinajstić information content (AvgIpc) is 2.78. The van der Waals surface area contributed by atoms with Gasteiger partial charge in [0.15, 0.2) is 0 Å². The molecule has 4 heteroatoms. The fourth-order valence-electron chi connectivity index (χ4n) is 1.31. The predicted molar refractivity (Wildman–Crippen MR) is 65.4 cm³/mol. The van der Waals surface area contributed by atoms with E-state index in [9.17, 15) is 4.79 Å². The van der Waals surface area contributed by atoms with Gasteiger partial charge in [-0.2, -0.15) is 0 Å². The third kappa shape index (κ3) is 2.23. The van der Waals surface area contributed by atoms with Gasteiger partial charge in [-0.1, -0.05) is 0 Å². The van der Waals surface area contributed by atoms with E-state index in [0.29, 0.717) is 0 Å². The number of carbonyl (C=O) groups excluding carboxylic acids is 1. The third-order valence-electron chi connectivity index (χ3n) is 2.14. The molecule has 0 saturated carbocycles. The van der Waals surface area contributed by atoms with Crippen LogP contribution in [0.5, 0.6) is 0 Å². The predicted octanol–water partition coefficient (Wildman–Crippen LogP) is 1.44. The van der Waals surface area contributed by atoms with E-state index in [1.54, 1.807) is 6.20 Å². The molecule has 2 aromatic rings. The van der Waals surface area contributed by atoms with Crippen LogP contribution in [-0.4, -0.2) is 39.4 Å². The van der Waals surface area contributed by atoms with Crippen molar-refractivity contribution in [1.29, 1.82) is 0 Å². The molecule has 0 aliphatic rings. The van der Waals surface area contributed by atoms with Gasteiger partial charge in [-0.15, -0.1) is 0 Å². The van der Waals surface area contributed by atoms with E-state index in [1.165, 1.54) is 0 Å². The fraction of sp³-hybridized carbons (Fsp3) is 0.167. The number of aromatic nitrogens is 1. The zero-order chi connectivity index (χ0) is 11.5. The minimum absolute atomic E-state index is 0.0381. The van der Waals surface area contributed by atoms with Crippen molar-refractivity contribution in [2.75, 3.05) is 19.0 Å². The van der Waals surface area contributed by atoms with E-state index >= 15 is 0 Å². The second-order valence-corrected chi connectivity index (χ2v) is 5.71. The van der Waals surface area contributed by atoms with Crippen LogP contribution in [-0.2, 0) is 0 Å². The molecule has 0 N–H and O–H groups in total. The zero-order valence-corrected chi connectivity index (χ0v) is 10.9. The summed E-state index contributed by atoms with van der Waals surface area (Å²) < 4.78 is 1.81. The molecule has 0 saturated heterocycles. The molecule has 0 fully saturated rings. The summed E-state index contributed by atoms with van der Waals surface area (Å²) in [6.45, 7) is 0. The third-order valence-corrected chi connectivity index (χ3v) is 4.58. The maximum absolute atomic E-state index is 12.1. The van der Waals surface area contributed by atoms with E-state index in [2.05, 4.69) is 4.98 Å². The standard InChI is InChI=1S/C12H12N2OSe/c1-14(2)12-13-8-10(16-12)11(15)9-6-4-3-5-7-9/h3-8H,1-2H3. The topological polar surface area (TPSA) is 33.2 Å². The van der Waals surface area contributed by atoms with Crippen LogP contribution in [0, 0.1) is 0 Å². The van der Waals surface area contributed by atoms with Crippen molar-refractivity contribution in [3.8, 4) is 0 Å². The summed E-state index contributed by atoms with van der Waals surface area (Å²) >= 11 is 0.0381. The molecule has 0 radical (unpaired) electrons. The quantitative estimate of drug-likeness (QED) is 0.629. The number of hydrogen-bond acceptors (Lipinski definition) is 3. The summed E-state index contributed by atoms with van der Waals surface area (Å²) in [7, 11) is 3.90. The molecule has 0 spiro atoms. The summed E-state index contributed by atoms with van der Waals surface area (Å²) in [5.74, 6) is 0.0983. The Labute approximate surface area is 100 Å². The molecule has 0 atom stereocenters. The second kappa shape index (κ2) is 4.64. The monoisotopic (exact) mass is 280 g/mol. The SMILES string of the molecule is CN(C)c1ncc(C(=O)c2ccccc2)[se]1. The van der Waals surface area contributed by atoms with Crippen LogP contribution in [0.1, 0.15) is 14.8 Å². The van der Waals surface area contributed by atoms with Gasteiger partial charge in [0.25, 0.3) is 0 Å². The van der Waals surface area contributed by atoms with Gasteiger partial charge in [0.05, 0.1) is 0 Å². The molecule has 1 aromatic carbocycles. The molecule has 1 heterocycles. The summed E-state index contributed by atoms with van der Waals surface area (Å²) in [5, 5.41) is 0. The Morgan fingerprint density at radius 1 is 1.25 bits per heavy atom. The molecule has 0 unspecified atom stereocenters. The maximum atomic E-state index is 12.1. The van der Waals surface area contributed by atoms with E-state index in [4.69, 9.17) is 0 Å². The summed E-state index contributed by atoms with van der Waals surface area (Å²) in [4.78, 5) is 18.3. The molecule has 3 nitrogen and oxygen atoms in total. The zero-order valence-electron chi connectivity index (χ0n) is 9.18. The van der Waals surface area contributed by atoms with Crippen molar-refractivity contribution in [1.82, 2.24) is 4.98 Å². The van der Waals surface area contributed by atoms with Crippen LogP contribution in [0.2, 0.25) is 0 Å². The van der Waals surface area contributed by atoms with Crippen LogP contribution in [0.25, 0.3) is 0 Å². The van der Waals surface area contributed by atoms with Gasteiger partial charge in [-0.05, 0) is 0 Å². The molecule has 82 valence electrons. The summed E-state index contributed by atoms with van der Waals surface area (Å²) in [6.07, 6.45) is 1.70. The van der Waals surface area contributed by atoms with E-state index in [0.717, 1.165) is 14.7 Å². The first-order chi connectivity index (χ1) is 7.68. The molecule has 2 rings (SSSR count). The first-order valence-electron chi connectivity index (χ1n) is 4.91. The molecule has 0 aliphatic heterocycles. The van der Waals surface area contributed by atoms with Gasteiger partial charge in [0.2, 0.25) is 0 Å². The van der Waals surface area contributed by atoms with E-state index in [1.807, 2.05) is 49.3 Å². The molecular formula is C12H12N2OSe. The van der Waals surface area contributed by atoms with Crippen LogP contribution in [0.4, 0.5) is 4.69 Å². The van der Waals surface area contributed by atoms with Crippen molar-refractivity contribution in [2.24, 2.45) is 0 Å². The Morgan fingerprint density at radius 3 is 2.50 bits per heavy atom. The molecular weight excluding hydrogens is 267 g/mol. The van der Waals surface area contributed by atoms with E-state index < -0.39 is 0 Å². The van der Waals surface area contributed by atoms with Gasteiger partial charge in [0, 0.05) is 0 Å². The number of nitrogens with zero attached hydrogens (tertiary/aromatic N) is 2. The number of carbonyl (C=O) groups is 1. The Bertz CT molecular complexity index is 491. The Kier molecular flexibility index (Phi) is 3.22. The van der Waals surface area contributed by atoms with Crippen molar-refractivity contribution >= 4 is 25.0 Å². The molecule has 16 heavy (non-hydrogen) atoms. The van der Waals surface area contributed by atoms with Gasteiger partial charge in [0.1, 0.15) is 0 Å². The number of benzene rings is 1. The second-order valence-electron chi connectivity index (χ2n) is 3.60. The van der Waals surface area contributed by atoms with Gasteiger partial charge in [-0.25, -0.2) is 0 Å². The van der Waals surface area contributed by atoms with Crippen LogP contribution < -0.4 is 4.90 Å². The number of rotatable bonds is 3. The first-order valence-corrected chi connectivity index (χ1v) is 6.62. The van der Waals surface area contributed by atoms with Crippen molar-refractivity contribution in [3.05, 3.63) is 46.5 Å². The summed E-state index contributed by atoms with van der Waals surface area (Å²) in [6, 6.07) is 9.35. The Balaban J connectivity index is 2.28. The normalized spacial score (nSPS) is 10.1. The molecule has 0 bridgehead atoms. The Hall–Kier alpha value is -1.38. The van der Waals surface area contributed by atoms with Gasteiger partial charge >= 0.3 is 100 Å². The van der Waals surface area contributed by atoms with Crippen molar-refractivity contribution < 1.29 is 4.79 Å². The Morgan fingerprint density at radius 2 is 1.94 bits per heavy atom. The van der Waals surface area contributed by atoms with E-state index in [-0.39, 0.29) is 20.3 Å². The van der Waals surface area contributed by atoms with Crippen LogP contribution in [0.3, 0.4) is 0 Å². The fourth-order valence-corrected chi connectivity index (χ4v) is 2.99. The molecule has 1 aromatic heterocycles. The van der Waals surface area contributed by atoms with Gasteiger partial charge < -0.3 is 0 Å². The number of ketones is 1. The van der Waals surface area contributed by atoms with Gasteiger partial charge in [-0.3, -0.25) is 0 Å². The molecule has 0 aliphatic carbocycles. The molecule has 0 amide bonds.